The standard InChI is InChI=1S/C22H29N3O2.HI/c1-3-23-22(24-14-18-9-5-6-10-19(18)16-26)25-12-13-27-21(15-25)20-11-7-4-8-17(20)2;/h4-11,21,26H,3,12-16H2,1-2H3,(H,23,24);1H. The summed E-state index contributed by atoms with van der Waals surface area (Å²) in [5.74, 6) is 0.895. The number of hydrogen-bond donors (Lipinski definition) is 2. The molecule has 6 heteroatoms. The maximum absolute atomic E-state index is 9.53. The van der Waals surface area contributed by atoms with E-state index < -0.39 is 0 Å². The lowest BCUT2D eigenvalue weighted by molar-refractivity contribution is -0.00834. The number of aryl methyl sites for hydroxylation is 1. The van der Waals surface area contributed by atoms with E-state index in [-0.39, 0.29) is 36.7 Å². The summed E-state index contributed by atoms with van der Waals surface area (Å²) in [6.07, 6.45) is 0.0496. The molecule has 0 aromatic heterocycles. The lowest BCUT2D eigenvalue weighted by atomic mass is 10.0. The molecule has 1 atom stereocenters. The second-order valence-electron chi connectivity index (χ2n) is 6.76. The molecular formula is C22H30IN3O2. The molecule has 2 N–H and O–H groups in total. The van der Waals surface area contributed by atoms with Crippen LogP contribution in [0.25, 0.3) is 0 Å². The van der Waals surface area contributed by atoms with Crippen molar-refractivity contribution < 1.29 is 9.84 Å². The van der Waals surface area contributed by atoms with Gasteiger partial charge in [0.1, 0.15) is 6.10 Å². The first-order valence-corrected chi connectivity index (χ1v) is 9.61. The molecule has 0 radical (unpaired) electrons. The van der Waals surface area contributed by atoms with Gasteiger partial charge in [0.15, 0.2) is 5.96 Å². The number of hydrogen-bond acceptors (Lipinski definition) is 3. The highest BCUT2D eigenvalue weighted by atomic mass is 127. The molecule has 0 aliphatic carbocycles. The number of ether oxygens (including phenoxy) is 1. The van der Waals surface area contributed by atoms with Gasteiger partial charge in [0.05, 0.1) is 26.3 Å². The van der Waals surface area contributed by atoms with E-state index >= 15 is 0 Å². The first-order valence-electron chi connectivity index (χ1n) is 9.61. The van der Waals surface area contributed by atoms with Crippen LogP contribution in [0.15, 0.2) is 53.5 Å². The van der Waals surface area contributed by atoms with Crippen LogP contribution in [0, 0.1) is 6.92 Å². The van der Waals surface area contributed by atoms with Crippen molar-refractivity contribution in [2.75, 3.05) is 26.2 Å². The van der Waals surface area contributed by atoms with Gasteiger partial charge in [-0.1, -0.05) is 48.5 Å². The summed E-state index contributed by atoms with van der Waals surface area (Å²) in [5, 5.41) is 12.9. The van der Waals surface area contributed by atoms with Crippen LogP contribution in [0.2, 0.25) is 0 Å². The number of aliphatic imine (C=N–C) groups is 1. The Hall–Kier alpha value is -1.64. The van der Waals surface area contributed by atoms with Crippen molar-refractivity contribution in [1.29, 1.82) is 0 Å². The van der Waals surface area contributed by atoms with Crippen molar-refractivity contribution in [2.45, 2.75) is 33.1 Å². The Balaban J connectivity index is 0.00000280. The molecule has 1 aliphatic rings. The van der Waals surface area contributed by atoms with E-state index in [9.17, 15) is 5.11 Å². The van der Waals surface area contributed by atoms with Gasteiger partial charge in [0.25, 0.3) is 0 Å². The van der Waals surface area contributed by atoms with Gasteiger partial charge in [-0.3, -0.25) is 0 Å². The van der Waals surface area contributed by atoms with Crippen molar-refractivity contribution in [2.24, 2.45) is 4.99 Å². The third-order valence-electron chi connectivity index (χ3n) is 4.92. The first-order chi connectivity index (χ1) is 13.2. The van der Waals surface area contributed by atoms with Crippen LogP contribution in [-0.2, 0) is 17.9 Å². The van der Waals surface area contributed by atoms with Gasteiger partial charge in [-0.15, -0.1) is 24.0 Å². The van der Waals surface area contributed by atoms with Crippen LogP contribution < -0.4 is 5.32 Å². The topological polar surface area (TPSA) is 57.1 Å². The Morgan fingerprint density at radius 3 is 2.61 bits per heavy atom. The van der Waals surface area contributed by atoms with E-state index in [2.05, 4.69) is 48.3 Å². The number of aliphatic hydroxyl groups is 1. The third-order valence-corrected chi connectivity index (χ3v) is 4.92. The minimum absolute atomic E-state index is 0. The van der Waals surface area contributed by atoms with Gasteiger partial charge < -0.3 is 20.1 Å². The molecule has 2 aromatic rings. The van der Waals surface area contributed by atoms with Crippen LogP contribution in [-0.4, -0.2) is 42.2 Å². The molecule has 0 spiro atoms. The van der Waals surface area contributed by atoms with E-state index in [4.69, 9.17) is 9.73 Å². The number of rotatable bonds is 5. The van der Waals surface area contributed by atoms with E-state index in [1.165, 1.54) is 11.1 Å². The minimum atomic E-state index is 0. The van der Waals surface area contributed by atoms with Gasteiger partial charge >= 0.3 is 0 Å². The number of guanidine groups is 1. The molecule has 28 heavy (non-hydrogen) atoms. The molecule has 1 aliphatic heterocycles. The Labute approximate surface area is 184 Å². The maximum atomic E-state index is 9.53. The summed E-state index contributed by atoms with van der Waals surface area (Å²) in [5.41, 5.74) is 4.47. The fourth-order valence-corrected chi connectivity index (χ4v) is 3.43. The van der Waals surface area contributed by atoms with E-state index in [0.717, 1.165) is 36.7 Å². The van der Waals surface area contributed by atoms with Gasteiger partial charge in [-0.05, 0) is 36.1 Å². The van der Waals surface area contributed by atoms with Crippen LogP contribution in [0.3, 0.4) is 0 Å². The number of halogens is 1. The van der Waals surface area contributed by atoms with Crippen molar-refractivity contribution in [3.8, 4) is 0 Å². The monoisotopic (exact) mass is 495 g/mol. The molecule has 0 amide bonds. The lowest BCUT2D eigenvalue weighted by Gasteiger charge is -2.35. The summed E-state index contributed by atoms with van der Waals surface area (Å²) in [4.78, 5) is 7.10. The minimum Gasteiger partial charge on any atom is -0.392 e. The van der Waals surface area contributed by atoms with E-state index in [0.29, 0.717) is 13.2 Å². The van der Waals surface area contributed by atoms with E-state index in [1.807, 2.05) is 24.3 Å². The van der Waals surface area contributed by atoms with Gasteiger partial charge in [0.2, 0.25) is 0 Å². The molecule has 1 heterocycles. The molecule has 0 saturated carbocycles. The van der Waals surface area contributed by atoms with Crippen LogP contribution in [0.4, 0.5) is 0 Å². The quantitative estimate of drug-likeness (QED) is 0.378. The first kappa shape index (κ1) is 22.6. The normalized spacial score (nSPS) is 17.2. The maximum Gasteiger partial charge on any atom is 0.194 e. The molecule has 5 nitrogen and oxygen atoms in total. The predicted molar refractivity (Wildman–Crippen MR) is 124 cm³/mol. The number of nitrogens with one attached hydrogen (secondary N) is 1. The lowest BCUT2D eigenvalue weighted by Crippen LogP contribution is -2.48. The second-order valence-corrected chi connectivity index (χ2v) is 6.76. The van der Waals surface area contributed by atoms with Crippen LogP contribution >= 0.6 is 24.0 Å². The largest absolute Gasteiger partial charge is 0.392 e. The highest BCUT2D eigenvalue weighted by Gasteiger charge is 2.25. The Morgan fingerprint density at radius 2 is 1.89 bits per heavy atom. The number of morpholine rings is 1. The van der Waals surface area contributed by atoms with Crippen molar-refractivity contribution in [3.05, 3.63) is 70.8 Å². The smallest absolute Gasteiger partial charge is 0.194 e. The van der Waals surface area contributed by atoms with Crippen LogP contribution in [0.1, 0.15) is 35.3 Å². The average molecular weight is 495 g/mol. The fraction of sp³-hybridized carbons (Fsp3) is 0.409. The van der Waals surface area contributed by atoms with Gasteiger partial charge in [-0.25, -0.2) is 4.99 Å². The van der Waals surface area contributed by atoms with Crippen molar-refractivity contribution >= 4 is 29.9 Å². The number of benzene rings is 2. The predicted octanol–water partition coefficient (Wildman–Crippen LogP) is 3.64. The Kier molecular flexibility index (Phi) is 9.21. The SMILES string of the molecule is CCNC(=NCc1ccccc1CO)N1CCOC(c2ccccc2C)C1.I. The van der Waals surface area contributed by atoms with Crippen molar-refractivity contribution in [1.82, 2.24) is 10.2 Å². The number of aliphatic hydroxyl groups excluding tert-OH is 1. The molecule has 3 rings (SSSR count). The zero-order valence-corrected chi connectivity index (χ0v) is 18.9. The third kappa shape index (κ3) is 5.68. The van der Waals surface area contributed by atoms with Crippen LogP contribution in [0.5, 0.6) is 0 Å². The summed E-state index contributed by atoms with van der Waals surface area (Å²) in [6.45, 7) is 7.87. The summed E-state index contributed by atoms with van der Waals surface area (Å²) < 4.78 is 6.05. The second kappa shape index (κ2) is 11.4. The zero-order chi connectivity index (χ0) is 19.1. The molecule has 1 unspecified atom stereocenters. The summed E-state index contributed by atoms with van der Waals surface area (Å²) in [7, 11) is 0. The van der Waals surface area contributed by atoms with Gasteiger partial charge in [0, 0.05) is 13.1 Å². The molecule has 0 bridgehead atoms. The highest BCUT2D eigenvalue weighted by molar-refractivity contribution is 14.0. The van der Waals surface area contributed by atoms with E-state index in [1.54, 1.807) is 0 Å². The fourth-order valence-electron chi connectivity index (χ4n) is 3.43. The Morgan fingerprint density at radius 1 is 1.18 bits per heavy atom. The Bertz CT molecular complexity index is 782. The molecule has 2 aromatic carbocycles. The zero-order valence-electron chi connectivity index (χ0n) is 16.6. The molecular weight excluding hydrogens is 465 g/mol. The summed E-state index contributed by atoms with van der Waals surface area (Å²) in [6, 6.07) is 16.3. The molecule has 1 fully saturated rings. The highest BCUT2D eigenvalue weighted by Crippen LogP contribution is 2.25. The molecule has 152 valence electrons. The average Bonchev–Trinajstić information content (AvgIpc) is 2.71. The number of nitrogens with zero attached hydrogens (tertiary/aromatic N) is 2. The molecule has 1 saturated heterocycles. The summed E-state index contributed by atoms with van der Waals surface area (Å²) >= 11 is 0. The van der Waals surface area contributed by atoms with Crippen molar-refractivity contribution in [3.63, 3.8) is 0 Å². The van der Waals surface area contributed by atoms with Gasteiger partial charge in [-0.2, -0.15) is 0 Å².